The summed E-state index contributed by atoms with van der Waals surface area (Å²) in [5.41, 5.74) is 11.2. The van der Waals surface area contributed by atoms with Gasteiger partial charge in [0.25, 0.3) is 0 Å². The van der Waals surface area contributed by atoms with Gasteiger partial charge in [0.15, 0.2) is 0 Å². The molecule has 0 aliphatic rings. The molecule has 21 heavy (non-hydrogen) atoms. The fourth-order valence-corrected chi connectivity index (χ4v) is 2.44. The van der Waals surface area contributed by atoms with E-state index >= 15 is 0 Å². The number of hydrogen-bond acceptors (Lipinski definition) is 2. The molecule has 1 unspecified atom stereocenters. The summed E-state index contributed by atoms with van der Waals surface area (Å²) in [6.07, 6.45) is 0.938. The average molecular weight is 282 g/mol. The Morgan fingerprint density at radius 1 is 0.952 bits per heavy atom. The number of nitrogens with zero attached hydrogens (tertiary/aromatic N) is 1. The fourth-order valence-electron chi connectivity index (χ4n) is 2.44. The predicted octanol–water partition coefficient (Wildman–Crippen LogP) is 3.95. The Bertz CT molecular complexity index is 570. The Morgan fingerprint density at radius 2 is 1.57 bits per heavy atom. The van der Waals surface area contributed by atoms with Crippen molar-refractivity contribution in [3.05, 3.63) is 54.1 Å². The molecule has 112 valence electrons. The summed E-state index contributed by atoms with van der Waals surface area (Å²) >= 11 is 0. The summed E-state index contributed by atoms with van der Waals surface area (Å²) in [6.45, 7) is 4.35. The van der Waals surface area contributed by atoms with Crippen LogP contribution in [0.1, 0.15) is 19.4 Å². The molecule has 0 aromatic heterocycles. The minimum absolute atomic E-state index is 0.227. The van der Waals surface area contributed by atoms with Crippen LogP contribution >= 0.6 is 0 Å². The van der Waals surface area contributed by atoms with Crippen molar-refractivity contribution in [2.24, 2.45) is 11.7 Å². The molecule has 2 aromatic carbocycles. The molecule has 2 N–H and O–H groups in total. The van der Waals surface area contributed by atoms with Gasteiger partial charge in [-0.05, 0) is 29.5 Å². The lowest BCUT2D eigenvalue weighted by Gasteiger charge is -2.18. The molecule has 0 aliphatic carbocycles. The summed E-state index contributed by atoms with van der Waals surface area (Å²) in [4.78, 5) is 2.15. The second-order valence-corrected chi connectivity index (χ2v) is 6.22. The Labute approximate surface area is 128 Å². The van der Waals surface area contributed by atoms with E-state index in [1.165, 1.54) is 22.4 Å². The quantitative estimate of drug-likeness (QED) is 0.900. The molecule has 0 heterocycles. The molecule has 0 fully saturated rings. The van der Waals surface area contributed by atoms with Crippen LogP contribution in [0.3, 0.4) is 0 Å². The van der Waals surface area contributed by atoms with Crippen LogP contribution in [-0.2, 0) is 6.42 Å². The normalized spacial score (nSPS) is 12.5. The first kappa shape index (κ1) is 15.6. The van der Waals surface area contributed by atoms with Crippen molar-refractivity contribution in [3.63, 3.8) is 0 Å². The van der Waals surface area contributed by atoms with Crippen LogP contribution in [0.2, 0.25) is 0 Å². The number of hydrogen-bond donors (Lipinski definition) is 1. The molecule has 0 spiro atoms. The van der Waals surface area contributed by atoms with Gasteiger partial charge in [-0.3, -0.25) is 0 Å². The summed E-state index contributed by atoms with van der Waals surface area (Å²) in [6, 6.07) is 17.5. The Morgan fingerprint density at radius 3 is 2.14 bits per heavy atom. The highest BCUT2D eigenvalue weighted by atomic mass is 15.1. The number of benzene rings is 2. The molecule has 2 heteroatoms. The number of nitrogens with two attached hydrogens (primary N) is 1. The van der Waals surface area contributed by atoms with Gasteiger partial charge in [0, 0.05) is 31.4 Å². The van der Waals surface area contributed by atoms with Crippen molar-refractivity contribution < 1.29 is 0 Å². The van der Waals surface area contributed by atoms with Gasteiger partial charge in [0.1, 0.15) is 0 Å². The first-order valence-corrected chi connectivity index (χ1v) is 7.60. The van der Waals surface area contributed by atoms with Crippen molar-refractivity contribution in [1.29, 1.82) is 0 Å². The smallest absolute Gasteiger partial charge is 0.0440 e. The van der Waals surface area contributed by atoms with E-state index in [2.05, 4.69) is 81.4 Å². The maximum atomic E-state index is 6.15. The molecule has 0 saturated carbocycles. The van der Waals surface area contributed by atoms with E-state index in [1.54, 1.807) is 0 Å². The van der Waals surface area contributed by atoms with E-state index in [4.69, 9.17) is 5.73 Å². The molecule has 2 nitrogen and oxygen atoms in total. The van der Waals surface area contributed by atoms with Crippen molar-refractivity contribution in [2.75, 3.05) is 19.0 Å². The van der Waals surface area contributed by atoms with Crippen LogP contribution in [0.15, 0.2) is 48.5 Å². The first-order chi connectivity index (χ1) is 9.99. The minimum atomic E-state index is 0.227. The maximum Gasteiger partial charge on any atom is 0.0440 e. The van der Waals surface area contributed by atoms with Gasteiger partial charge < -0.3 is 10.6 Å². The molecule has 0 amide bonds. The lowest BCUT2D eigenvalue weighted by Crippen LogP contribution is -2.28. The molecule has 1 atom stereocenters. The lowest BCUT2D eigenvalue weighted by molar-refractivity contribution is 0.490. The predicted molar refractivity (Wildman–Crippen MR) is 92.7 cm³/mol. The van der Waals surface area contributed by atoms with Crippen LogP contribution in [0, 0.1) is 5.92 Å². The molecule has 0 bridgehead atoms. The van der Waals surface area contributed by atoms with Crippen LogP contribution in [0.5, 0.6) is 0 Å². The van der Waals surface area contributed by atoms with Gasteiger partial charge in [-0.2, -0.15) is 0 Å². The Hall–Kier alpha value is -1.80. The van der Waals surface area contributed by atoms with Gasteiger partial charge in [0.05, 0.1) is 0 Å². The lowest BCUT2D eigenvalue weighted by atomic mass is 9.95. The van der Waals surface area contributed by atoms with E-state index in [0.717, 1.165) is 6.42 Å². The highest BCUT2D eigenvalue weighted by Crippen LogP contribution is 2.29. The topological polar surface area (TPSA) is 29.3 Å². The van der Waals surface area contributed by atoms with Crippen LogP contribution < -0.4 is 10.6 Å². The van der Waals surface area contributed by atoms with Crippen molar-refractivity contribution in [2.45, 2.75) is 26.3 Å². The highest BCUT2D eigenvalue weighted by molar-refractivity contribution is 5.78. The first-order valence-electron chi connectivity index (χ1n) is 7.60. The Balaban J connectivity index is 2.23. The number of para-hydroxylation sites is 1. The zero-order valence-electron chi connectivity index (χ0n) is 13.5. The molecular weight excluding hydrogens is 256 g/mol. The zero-order chi connectivity index (χ0) is 15.4. The van der Waals surface area contributed by atoms with Gasteiger partial charge >= 0.3 is 0 Å². The second-order valence-electron chi connectivity index (χ2n) is 6.22. The molecular formula is C19H26N2. The molecule has 2 aromatic rings. The third-order valence-corrected chi connectivity index (χ3v) is 3.98. The molecule has 2 rings (SSSR count). The SMILES string of the molecule is CC(C)C(N)Cc1ccc(-c2ccccc2N(C)C)cc1. The maximum absolute atomic E-state index is 6.15. The summed E-state index contributed by atoms with van der Waals surface area (Å²) in [5, 5.41) is 0. The number of anilines is 1. The minimum Gasteiger partial charge on any atom is -0.377 e. The van der Waals surface area contributed by atoms with Gasteiger partial charge in [0.2, 0.25) is 0 Å². The average Bonchev–Trinajstić information content (AvgIpc) is 2.48. The highest BCUT2D eigenvalue weighted by Gasteiger charge is 2.10. The molecule has 0 radical (unpaired) electrons. The van der Waals surface area contributed by atoms with E-state index in [9.17, 15) is 0 Å². The standard InChI is InChI=1S/C19H26N2/c1-14(2)18(20)13-15-9-11-16(12-10-15)17-7-5-6-8-19(17)21(3)4/h5-12,14,18H,13,20H2,1-4H3. The van der Waals surface area contributed by atoms with Crippen LogP contribution in [-0.4, -0.2) is 20.1 Å². The van der Waals surface area contributed by atoms with Crippen LogP contribution in [0.25, 0.3) is 11.1 Å². The third kappa shape index (κ3) is 3.85. The van der Waals surface area contributed by atoms with Crippen molar-refractivity contribution in [3.8, 4) is 11.1 Å². The Kier molecular flexibility index (Phi) is 5.03. The van der Waals surface area contributed by atoms with Crippen LogP contribution in [0.4, 0.5) is 5.69 Å². The number of rotatable bonds is 5. The van der Waals surface area contributed by atoms with Gasteiger partial charge in [-0.15, -0.1) is 0 Å². The second kappa shape index (κ2) is 6.77. The van der Waals surface area contributed by atoms with Crippen molar-refractivity contribution in [1.82, 2.24) is 0 Å². The van der Waals surface area contributed by atoms with E-state index in [-0.39, 0.29) is 6.04 Å². The van der Waals surface area contributed by atoms with Gasteiger partial charge in [-0.25, -0.2) is 0 Å². The largest absolute Gasteiger partial charge is 0.377 e. The summed E-state index contributed by atoms with van der Waals surface area (Å²) < 4.78 is 0. The van der Waals surface area contributed by atoms with E-state index in [0.29, 0.717) is 5.92 Å². The third-order valence-electron chi connectivity index (χ3n) is 3.98. The van der Waals surface area contributed by atoms with E-state index < -0.39 is 0 Å². The summed E-state index contributed by atoms with van der Waals surface area (Å²) in [5.74, 6) is 0.513. The van der Waals surface area contributed by atoms with Crippen molar-refractivity contribution >= 4 is 5.69 Å². The summed E-state index contributed by atoms with van der Waals surface area (Å²) in [7, 11) is 4.16. The zero-order valence-corrected chi connectivity index (χ0v) is 13.5. The molecule has 0 saturated heterocycles. The monoisotopic (exact) mass is 282 g/mol. The molecule has 0 aliphatic heterocycles. The van der Waals surface area contributed by atoms with Gasteiger partial charge in [-0.1, -0.05) is 56.3 Å². The van der Waals surface area contributed by atoms with E-state index in [1.807, 2.05) is 0 Å². The fraction of sp³-hybridized carbons (Fsp3) is 0.368.